The van der Waals surface area contributed by atoms with Gasteiger partial charge in [-0.3, -0.25) is 4.79 Å². The molecule has 0 fully saturated rings. The predicted octanol–water partition coefficient (Wildman–Crippen LogP) is 3.69. The van der Waals surface area contributed by atoms with Crippen molar-refractivity contribution in [1.82, 2.24) is 5.32 Å². The van der Waals surface area contributed by atoms with E-state index in [1.54, 1.807) is 0 Å². The van der Waals surface area contributed by atoms with Crippen LogP contribution >= 0.6 is 11.6 Å². The minimum absolute atomic E-state index is 0.0259. The first-order valence-electron chi connectivity index (χ1n) is 6.22. The van der Waals surface area contributed by atoms with Crippen LogP contribution in [0.4, 0.5) is 18.9 Å². The minimum atomic E-state index is -4.47. The van der Waals surface area contributed by atoms with Crippen molar-refractivity contribution in [3.8, 4) is 0 Å². The number of hydrogen-bond acceptors (Lipinski definition) is 2. The lowest BCUT2D eigenvalue weighted by Crippen LogP contribution is -2.22. The Bertz CT molecular complexity index is 463. The maximum atomic E-state index is 12.6. The summed E-state index contributed by atoms with van der Waals surface area (Å²) in [6, 6.07) is 2.83. The van der Waals surface area contributed by atoms with E-state index in [4.69, 9.17) is 11.6 Å². The van der Waals surface area contributed by atoms with Crippen LogP contribution in [0.1, 0.15) is 25.3 Å². The van der Waals surface area contributed by atoms with Crippen LogP contribution in [0.2, 0.25) is 5.02 Å². The zero-order chi connectivity index (χ0) is 15.2. The van der Waals surface area contributed by atoms with Gasteiger partial charge in [-0.15, -0.1) is 0 Å². The minimum Gasteiger partial charge on any atom is -0.325 e. The van der Waals surface area contributed by atoms with Crippen LogP contribution in [0.15, 0.2) is 18.2 Å². The van der Waals surface area contributed by atoms with E-state index in [1.807, 2.05) is 6.92 Å². The highest BCUT2D eigenvalue weighted by Gasteiger charge is 2.31. The third-order valence-corrected chi connectivity index (χ3v) is 2.85. The highest BCUT2D eigenvalue weighted by Crippen LogP contribution is 2.33. The van der Waals surface area contributed by atoms with Crippen LogP contribution in [0.5, 0.6) is 0 Å². The Kier molecular flexibility index (Phi) is 6.29. The van der Waals surface area contributed by atoms with Crippen LogP contribution in [0, 0.1) is 0 Å². The molecule has 2 N–H and O–H groups in total. The first-order chi connectivity index (χ1) is 9.34. The lowest BCUT2D eigenvalue weighted by Gasteiger charge is -2.11. The molecule has 0 spiro atoms. The Morgan fingerprint density at radius 3 is 2.60 bits per heavy atom. The van der Waals surface area contributed by atoms with Crippen LogP contribution in [0.3, 0.4) is 0 Å². The summed E-state index contributed by atoms with van der Waals surface area (Å²) >= 11 is 5.78. The van der Waals surface area contributed by atoms with Gasteiger partial charge in [0.1, 0.15) is 0 Å². The van der Waals surface area contributed by atoms with Gasteiger partial charge in [-0.05, 0) is 31.2 Å². The molecule has 0 saturated heterocycles. The van der Waals surface area contributed by atoms with E-state index in [0.29, 0.717) is 6.54 Å². The zero-order valence-corrected chi connectivity index (χ0v) is 11.7. The number of carbonyl (C=O) groups is 1. The topological polar surface area (TPSA) is 41.1 Å². The van der Waals surface area contributed by atoms with Crippen molar-refractivity contribution in [2.45, 2.75) is 25.9 Å². The number of nitrogens with one attached hydrogen (secondary N) is 2. The van der Waals surface area contributed by atoms with Crippen molar-refractivity contribution in [1.29, 1.82) is 0 Å². The summed E-state index contributed by atoms with van der Waals surface area (Å²) in [5.74, 6) is -0.380. The number of amides is 1. The molecule has 112 valence electrons. The second-order valence-electron chi connectivity index (χ2n) is 4.24. The van der Waals surface area contributed by atoms with Crippen molar-refractivity contribution in [2.24, 2.45) is 0 Å². The lowest BCUT2D eigenvalue weighted by molar-refractivity contribution is -0.137. The molecule has 0 aliphatic carbocycles. The Balaban J connectivity index is 2.65. The maximum absolute atomic E-state index is 12.6. The first kappa shape index (κ1) is 16.8. The fourth-order valence-electron chi connectivity index (χ4n) is 1.51. The average molecular weight is 309 g/mol. The number of alkyl halides is 3. The molecule has 0 radical (unpaired) electrons. The van der Waals surface area contributed by atoms with E-state index in [2.05, 4.69) is 10.6 Å². The predicted molar refractivity (Wildman–Crippen MR) is 72.9 cm³/mol. The van der Waals surface area contributed by atoms with Crippen molar-refractivity contribution < 1.29 is 18.0 Å². The van der Waals surface area contributed by atoms with E-state index in [1.165, 1.54) is 0 Å². The Morgan fingerprint density at radius 1 is 1.30 bits per heavy atom. The molecule has 0 aliphatic rings. The molecule has 1 aromatic carbocycles. The molecule has 3 nitrogen and oxygen atoms in total. The first-order valence-corrected chi connectivity index (χ1v) is 6.59. The molecule has 0 atom stereocenters. The second-order valence-corrected chi connectivity index (χ2v) is 4.65. The highest BCUT2D eigenvalue weighted by atomic mass is 35.5. The van der Waals surface area contributed by atoms with Gasteiger partial charge in [-0.25, -0.2) is 0 Å². The molecular formula is C13H16ClF3N2O. The molecule has 0 aliphatic heterocycles. The third kappa shape index (κ3) is 5.38. The maximum Gasteiger partial charge on any atom is 0.416 e. The fourth-order valence-corrected chi connectivity index (χ4v) is 1.68. The summed E-state index contributed by atoms with van der Waals surface area (Å²) in [5.41, 5.74) is -0.872. The van der Waals surface area contributed by atoms with Gasteiger partial charge in [0.05, 0.1) is 16.3 Å². The van der Waals surface area contributed by atoms with Gasteiger partial charge in [0.25, 0.3) is 0 Å². The Labute approximate surface area is 120 Å². The molecule has 1 amide bonds. The largest absolute Gasteiger partial charge is 0.416 e. The van der Waals surface area contributed by atoms with E-state index < -0.39 is 11.7 Å². The molecule has 0 saturated carbocycles. The van der Waals surface area contributed by atoms with Crippen LogP contribution in [-0.4, -0.2) is 19.0 Å². The van der Waals surface area contributed by atoms with Gasteiger partial charge in [0.15, 0.2) is 0 Å². The standard InChI is InChI=1S/C13H16ClF3N2O/c1-2-6-18-7-5-12(20)19-11-8-9(13(15,16)17)3-4-10(11)14/h3-4,8,18H,2,5-7H2,1H3,(H,19,20). The molecule has 20 heavy (non-hydrogen) atoms. The summed E-state index contributed by atoms with van der Waals surface area (Å²) in [4.78, 5) is 11.6. The number of hydrogen-bond donors (Lipinski definition) is 2. The van der Waals surface area contributed by atoms with Crippen molar-refractivity contribution in [3.63, 3.8) is 0 Å². The summed E-state index contributed by atoms with van der Waals surface area (Å²) < 4.78 is 37.7. The van der Waals surface area contributed by atoms with Crippen LogP contribution in [-0.2, 0) is 11.0 Å². The molecule has 1 aromatic rings. The van der Waals surface area contributed by atoms with E-state index in [-0.39, 0.29) is 23.0 Å². The second kappa shape index (κ2) is 7.50. The fraction of sp³-hybridized carbons (Fsp3) is 0.462. The summed E-state index contributed by atoms with van der Waals surface area (Å²) in [6.45, 7) is 3.25. The lowest BCUT2D eigenvalue weighted by atomic mass is 10.2. The van der Waals surface area contributed by atoms with Crippen molar-refractivity contribution in [3.05, 3.63) is 28.8 Å². The summed E-state index contributed by atoms with van der Waals surface area (Å²) in [7, 11) is 0. The molecule has 1 rings (SSSR count). The molecule has 0 heterocycles. The monoisotopic (exact) mass is 308 g/mol. The van der Waals surface area contributed by atoms with Gasteiger partial charge >= 0.3 is 6.18 Å². The van der Waals surface area contributed by atoms with Crippen LogP contribution < -0.4 is 10.6 Å². The molecule has 7 heteroatoms. The highest BCUT2D eigenvalue weighted by molar-refractivity contribution is 6.33. The van der Waals surface area contributed by atoms with Gasteiger partial charge in [0.2, 0.25) is 5.91 Å². The normalized spacial score (nSPS) is 11.4. The number of benzene rings is 1. The van der Waals surface area contributed by atoms with Gasteiger partial charge in [-0.1, -0.05) is 18.5 Å². The Hall–Kier alpha value is -1.27. The number of carbonyl (C=O) groups excluding carboxylic acids is 1. The Morgan fingerprint density at radius 2 is 2.00 bits per heavy atom. The molecule has 0 bridgehead atoms. The molecule has 0 aromatic heterocycles. The smallest absolute Gasteiger partial charge is 0.325 e. The SMILES string of the molecule is CCCNCCC(=O)Nc1cc(C(F)(F)F)ccc1Cl. The van der Waals surface area contributed by atoms with Gasteiger partial charge in [0, 0.05) is 13.0 Å². The molecule has 0 unspecified atom stereocenters. The quantitative estimate of drug-likeness (QED) is 0.787. The number of halogens is 4. The average Bonchev–Trinajstić information content (AvgIpc) is 2.36. The van der Waals surface area contributed by atoms with Crippen LogP contribution in [0.25, 0.3) is 0 Å². The van der Waals surface area contributed by atoms with Gasteiger partial charge in [-0.2, -0.15) is 13.2 Å². The third-order valence-electron chi connectivity index (χ3n) is 2.52. The number of rotatable bonds is 6. The van der Waals surface area contributed by atoms with E-state index >= 15 is 0 Å². The molecular weight excluding hydrogens is 293 g/mol. The van der Waals surface area contributed by atoms with E-state index in [9.17, 15) is 18.0 Å². The summed E-state index contributed by atoms with van der Waals surface area (Å²) in [6.07, 6.45) is -3.35. The van der Waals surface area contributed by atoms with Gasteiger partial charge < -0.3 is 10.6 Å². The van der Waals surface area contributed by atoms with Crippen molar-refractivity contribution in [2.75, 3.05) is 18.4 Å². The summed E-state index contributed by atoms with van der Waals surface area (Å²) in [5, 5.41) is 5.49. The number of anilines is 1. The zero-order valence-electron chi connectivity index (χ0n) is 11.0. The van der Waals surface area contributed by atoms with Crippen molar-refractivity contribution >= 4 is 23.2 Å². The van der Waals surface area contributed by atoms with E-state index in [0.717, 1.165) is 31.2 Å².